The van der Waals surface area contributed by atoms with Crippen LogP contribution < -0.4 is 33.6 Å². The van der Waals surface area contributed by atoms with Crippen molar-refractivity contribution in [2.24, 2.45) is 0 Å². The normalized spacial score (nSPS) is 9.62. The van der Waals surface area contributed by atoms with E-state index in [1.165, 1.54) is 7.14 Å². The van der Waals surface area contributed by atoms with Gasteiger partial charge in [0.15, 0.2) is 7.14 Å². The Morgan fingerprint density at radius 1 is 0.750 bits per heavy atom. The van der Waals surface area contributed by atoms with Gasteiger partial charge in [-0.3, -0.25) is 0 Å². The zero-order chi connectivity index (χ0) is 10.7. The third-order valence-corrected chi connectivity index (χ3v) is 5.21. The monoisotopic (exact) mass is 384 g/mol. The molecule has 0 spiro atoms. The van der Waals surface area contributed by atoms with E-state index in [1.807, 2.05) is 18.2 Å². The third kappa shape index (κ3) is 3.81. The minimum atomic E-state index is -0.144. The maximum absolute atomic E-state index is 5.97. The van der Waals surface area contributed by atoms with Gasteiger partial charge in [-0.15, -0.1) is 0 Å². The molecule has 0 saturated carbocycles. The van der Waals surface area contributed by atoms with Gasteiger partial charge < -0.3 is 12.4 Å². The van der Waals surface area contributed by atoms with Crippen LogP contribution in [0.25, 0.3) is 0 Å². The van der Waals surface area contributed by atoms with Gasteiger partial charge in [0.25, 0.3) is 0 Å². The molecule has 0 atom stereocenters. The Kier molecular flexibility index (Phi) is 5.90. The molecule has 0 heterocycles. The minimum Gasteiger partial charge on any atom is -1.00 e. The van der Waals surface area contributed by atoms with E-state index < -0.39 is 0 Å². The highest BCUT2D eigenvalue weighted by Crippen LogP contribution is 2.19. The van der Waals surface area contributed by atoms with Crippen LogP contribution in [0.4, 0.5) is 0 Å². The Bertz CT molecular complexity index is 457. The van der Waals surface area contributed by atoms with Gasteiger partial charge in [-0.05, 0) is 24.3 Å². The molecular weight excluding hydrogens is 377 g/mol. The van der Waals surface area contributed by atoms with Crippen LogP contribution in [-0.2, 0) is 0 Å². The van der Waals surface area contributed by atoms with Crippen molar-refractivity contribution in [1.29, 1.82) is 0 Å². The second-order valence-electron chi connectivity index (χ2n) is 2.95. The van der Waals surface area contributed by atoms with Crippen molar-refractivity contribution in [3.63, 3.8) is 0 Å². The Balaban J connectivity index is 0.00000128. The van der Waals surface area contributed by atoms with Crippen LogP contribution in [-0.4, -0.2) is 0 Å². The van der Waals surface area contributed by atoms with E-state index in [1.54, 1.807) is 0 Å². The average Bonchev–Trinajstić information content (AvgIpc) is 2.25. The van der Waals surface area contributed by atoms with Crippen molar-refractivity contribution in [2.75, 3.05) is 0 Å². The molecule has 16 heavy (non-hydrogen) atoms. The van der Waals surface area contributed by atoms with Crippen molar-refractivity contribution in [2.45, 2.75) is 0 Å². The summed E-state index contributed by atoms with van der Waals surface area (Å²) in [6.45, 7) is 0. The van der Waals surface area contributed by atoms with Gasteiger partial charge in [0.2, 0.25) is 0 Å². The van der Waals surface area contributed by atoms with Crippen LogP contribution in [0.15, 0.2) is 48.5 Å². The predicted octanol–water partition coefficient (Wildman–Crippen LogP) is -1.87. The summed E-state index contributed by atoms with van der Waals surface area (Å²) < 4.78 is 2.67. The molecule has 0 bridgehead atoms. The zero-order valence-electron chi connectivity index (χ0n) is 8.13. The maximum Gasteiger partial charge on any atom is 0.357 e. The van der Waals surface area contributed by atoms with Gasteiger partial charge >= 0.3 is 21.2 Å². The number of rotatable bonds is 2. The summed E-state index contributed by atoms with van der Waals surface area (Å²) in [5.74, 6) is 0. The second kappa shape index (κ2) is 6.70. The van der Waals surface area contributed by atoms with E-state index in [0.29, 0.717) is 10.0 Å². The van der Waals surface area contributed by atoms with Crippen LogP contribution in [0.2, 0.25) is 10.0 Å². The molecule has 2 aromatic carbocycles. The molecule has 0 saturated heterocycles. The molecule has 0 unspecified atom stereocenters. The second-order valence-corrected chi connectivity index (χ2v) is 6.79. The Morgan fingerprint density at radius 3 is 2.06 bits per heavy atom. The molecule has 0 N–H and O–H groups in total. The maximum atomic E-state index is 5.97. The number of halogens is 4. The van der Waals surface area contributed by atoms with Crippen molar-refractivity contribution in [3.05, 3.63) is 65.7 Å². The topological polar surface area (TPSA) is 0 Å². The van der Waals surface area contributed by atoms with Crippen molar-refractivity contribution in [1.82, 2.24) is 0 Å². The van der Waals surface area contributed by atoms with Crippen LogP contribution in [0.5, 0.6) is 0 Å². The van der Waals surface area contributed by atoms with Gasteiger partial charge in [0, 0.05) is 6.07 Å². The predicted molar refractivity (Wildman–Crippen MR) is 60.3 cm³/mol. The van der Waals surface area contributed by atoms with Crippen molar-refractivity contribution in [3.8, 4) is 0 Å². The molecule has 0 amide bonds. The third-order valence-electron chi connectivity index (χ3n) is 1.83. The summed E-state index contributed by atoms with van der Waals surface area (Å²) in [4.78, 5) is 0. The van der Waals surface area contributed by atoms with Crippen molar-refractivity contribution >= 4 is 23.2 Å². The Labute approximate surface area is 122 Å². The number of hydrogen-bond acceptors (Lipinski definition) is 0. The standard InChI is InChI=1S/C12H8Cl2I.ClH/c13-11-7-6-10(8-12(11)14)15-9-4-2-1-3-5-9;/h1-8H;1H/q+1;/p-1. The highest BCUT2D eigenvalue weighted by molar-refractivity contribution is 6.41. The molecule has 0 fully saturated rings. The lowest BCUT2D eigenvalue weighted by Crippen LogP contribution is -3.61. The van der Waals surface area contributed by atoms with Crippen LogP contribution in [0, 0.1) is 7.14 Å². The molecule has 0 radical (unpaired) electrons. The van der Waals surface area contributed by atoms with Crippen LogP contribution >= 0.6 is 23.2 Å². The first-order chi connectivity index (χ1) is 7.25. The molecule has 0 aliphatic rings. The van der Waals surface area contributed by atoms with Gasteiger partial charge in [-0.1, -0.05) is 41.4 Å². The molecular formula is C12H8Cl3I. The fraction of sp³-hybridized carbons (Fsp3) is 0. The minimum absolute atomic E-state index is 0. The van der Waals surface area contributed by atoms with Gasteiger partial charge in [0.05, 0.1) is 10.0 Å². The van der Waals surface area contributed by atoms with E-state index in [2.05, 4.69) is 30.3 Å². The molecule has 4 heteroatoms. The fourth-order valence-electron chi connectivity index (χ4n) is 1.13. The molecule has 0 aliphatic carbocycles. The summed E-state index contributed by atoms with van der Waals surface area (Å²) in [6.07, 6.45) is 0. The first-order valence-electron chi connectivity index (χ1n) is 4.40. The smallest absolute Gasteiger partial charge is 0.357 e. The largest absolute Gasteiger partial charge is 1.00 e. The highest BCUT2D eigenvalue weighted by atomic mass is 127. The number of hydrogen-bond donors (Lipinski definition) is 0. The SMILES string of the molecule is Clc1ccc([I+]c2ccccc2)cc1Cl.[Cl-]. The molecule has 84 valence electrons. The summed E-state index contributed by atoms with van der Waals surface area (Å²) in [5.41, 5.74) is 0. The van der Waals surface area contributed by atoms with E-state index in [4.69, 9.17) is 23.2 Å². The lowest BCUT2D eigenvalue weighted by Gasteiger charge is -1.92. The summed E-state index contributed by atoms with van der Waals surface area (Å²) in [6, 6.07) is 16.3. The van der Waals surface area contributed by atoms with E-state index in [-0.39, 0.29) is 33.6 Å². The highest BCUT2D eigenvalue weighted by Gasteiger charge is 2.15. The first-order valence-corrected chi connectivity index (χ1v) is 7.32. The summed E-state index contributed by atoms with van der Waals surface area (Å²) >= 11 is 11.7. The van der Waals surface area contributed by atoms with Crippen LogP contribution in [0.1, 0.15) is 0 Å². The first kappa shape index (κ1) is 14.1. The summed E-state index contributed by atoms with van der Waals surface area (Å²) in [7, 11) is 0. The molecule has 2 rings (SSSR count). The van der Waals surface area contributed by atoms with Gasteiger partial charge in [-0.2, -0.15) is 0 Å². The molecule has 0 aromatic heterocycles. The fourth-order valence-corrected chi connectivity index (χ4v) is 3.94. The lowest BCUT2D eigenvalue weighted by molar-refractivity contribution is -0.597. The quantitative estimate of drug-likeness (QED) is 0.420. The Hall–Kier alpha value is 0.0400. The molecule has 0 aliphatic heterocycles. The van der Waals surface area contributed by atoms with Crippen molar-refractivity contribution < 1.29 is 33.6 Å². The van der Waals surface area contributed by atoms with Crippen LogP contribution in [0.3, 0.4) is 0 Å². The molecule has 2 aromatic rings. The Morgan fingerprint density at radius 2 is 1.44 bits per heavy atom. The average molecular weight is 385 g/mol. The van der Waals surface area contributed by atoms with Gasteiger partial charge in [-0.25, -0.2) is 0 Å². The number of benzene rings is 2. The lowest BCUT2D eigenvalue weighted by atomic mass is 10.4. The van der Waals surface area contributed by atoms with E-state index >= 15 is 0 Å². The van der Waals surface area contributed by atoms with E-state index in [0.717, 1.165) is 0 Å². The van der Waals surface area contributed by atoms with Gasteiger partial charge in [0.1, 0.15) is 0 Å². The zero-order valence-corrected chi connectivity index (χ0v) is 12.6. The molecule has 0 nitrogen and oxygen atoms in total. The van der Waals surface area contributed by atoms with E-state index in [9.17, 15) is 0 Å². The summed E-state index contributed by atoms with van der Waals surface area (Å²) in [5, 5.41) is 1.27.